The predicted octanol–water partition coefficient (Wildman–Crippen LogP) is 1.58. The van der Waals surface area contributed by atoms with E-state index in [1.54, 1.807) is 18.2 Å². The summed E-state index contributed by atoms with van der Waals surface area (Å²) in [4.78, 5) is 11.2. The largest absolute Gasteiger partial charge is 0.497 e. The number of carbonyl (C=O) groups is 1. The van der Waals surface area contributed by atoms with Crippen LogP contribution in [0.1, 0.15) is 14.7 Å². The summed E-state index contributed by atoms with van der Waals surface area (Å²) in [6.07, 6.45) is -1.76. The summed E-state index contributed by atoms with van der Waals surface area (Å²) in [7, 11) is 1.53. The number of hydrogen-bond donors (Lipinski definition) is 1. The first-order valence-corrected chi connectivity index (χ1v) is 4.01. The van der Waals surface area contributed by atoms with Gasteiger partial charge in [0.25, 0.3) is 0 Å². The van der Waals surface area contributed by atoms with E-state index in [1.807, 2.05) is 0 Å². The number of nitrogens with one attached hydrogen (secondary N) is 1. The van der Waals surface area contributed by atoms with Crippen molar-refractivity contribution in [1.29, 1.82) is 0 Å². The van der Waals surface area contributed by atoms with Crippen LogP contribution in [-0.4, -0.2) is 13.0 Å². The topological polar surface area (TPSA) is 38.3 Å². The molecular weight excluding hydrogens is 166 g/mol. The van der Waals surface area contributed by atoms with Crippen LogP contribution < -0.4 is 10.1 Å². The molecule has 0 aliphatic carbocycles. The van der Waals surface area contributed by atoms with Gasteiger partial charge in [0.05, 0.1) is 7.11 Å². The van der Waals surface area contributed by atoms with Crippen LogP contribution in [0.15, 0.2) is 18.2 Å². The summed E-state index contributed by atoms with van der Waals surface area (Å²) in [5, 5.41) is 2.63. The Bertz CT molecular complexity index is 418. The average Bonchev–Trinajstić information content (AvgIpc) is 2.16. The van der Waals surface area contributed by atoms with E-state index in [4.69, 9.17) is 7.48 Å². The fraction of sp³-hybridized carbons (Fsp3) is 0.300. The van der Waals surface area contributed by atoms with Gasteiger partial charge in [0.2, 0.25) is 5.91 Å². The highest BCUT2D eigenvalue weighted by Crippen LogP contribution is 2.26. The van der Waals surface area contributed by atoms with E-state index in [0.29, 0.717) is 17.0 Å². The van der Waals surface area contributed by atoms with Crippen LogP contribution >= 0.6 is 0 Å². The summed E-state index contributed by atoms with van der Waals surface area (Å²) in [5.41, 5.74) is 0.999. The van der Waals surface area contributed by atoms with E-state index >= 15 is 0 Å². The SMILES string of the molecule is [2H]C1([2H])CC(=O)Nc2ccc(OC)cc21. The van der Waals surface area contributed by atoms with Crippen LogP contribution in [0.2, 0.25) is 0 Å². The van der Waals surface area contributed by atoms with Crippen LogP contribution in [0, 0.1) is 0 Å². The number of hydrogen-bond acceptors (Lipinski definition) is 2. The first-order valence-electron chi connectivity index (χ1n) is 5.01. The van der Waals surface area contributed by atoms with Crippen molar-refractivity contribution in [2.45, 2.75) is 12.8 Å². The Kier molecular flexibility index (Phi) is 1.43. The van der Waals surface area contributed by atoms with Crippen molar-refractivity contribution in [3.05, 3.63) is 23.8 Å². The third-order valence-electron chi connectivity index (χ3n) is 1.94. The van der Waals surface area contributed by atoms with Crippen LogP contribution in [0.3, 0.4) is 0 Å². The number of anilines is 1. The lowest BCUT2D eigenvalue weighted by Crippen LogP contribution is -2.18. The van der Waals surface area contributed by atoms with Gasteiger partial charge in [-0.15, -0.1) is 0 Å². The minimum absolute atomic E-state index is 0.146. The fourth-order valence-corrected chi connectivity index (χ4v) is 1.28. The number of benzene rings is 1. The fourth-order valence-electron chi connectivity index (χ4n) is 1.28. The summed E-state index contributed by atoms with van der Waals surface area (Å²) < 4.78 is 20.5. The van der Waals surface area contributed by atoms with E-state index < -0.39 is 6.37 Å². The number of carbonyl (C=O) groups excluding carboxylic acids is 1. The Morgan fingerprint density at radius 1 is 1.62 bits per heavy atom. The van der Waals surface area contributed by atoms with Gasteiger partial charge in [-0.05, 0) is 30.1 Å². The van der Waals surface area contributed by atoms with Crippen molar-refractivity contribution >= 4 is 11.6 Å². The lowest BCUT2D eigenvalue weighted by Gasteiger charge is -2.16. The molecule has 0 spiro atoms. The molecule has 1 N–H and O–H groups in total. The summed E-state index contributed by atoms with van der Waals surface area (Å²) in [6.45, 7) is 0. The number of aryl methyl sites for hydroxylation is 1. The van der Waals surface area contributed by atoms with Crippen LogP contribution in [-0.2, 0) is 11.2 Å². The molecule has 0 atom stereocenters. The van der Waals surface area contributed by atoms with Crippen molar-refractivity contribution in [2.24, 2.45) is 0 Å². The Morgan fingerprint density at radius 2 is 2.46 bits per heavy atom. The van der Waals surface area contributed by atoms with Crippen molar-refractivity contribution in [3.63, 3.8) is 0 Å². The van der Waals surface area contributed by atoms with Crippen molar-refractivity contribution in [1.82, 2.24) is 0 Å². The predicted molar refractivity (Wildman–Crippen MR) is 49.9 cm³/mol. The zero-order valence-electron chi connectivity index (χ0n) is 9.26. The number of methoxy groups -OCH3 is 1. The molecule has 1 aliphatic rings. The molecule has 1 amide bonds. The Hall–Kier alpha value is -1.51. The first-order chi connectivity index (χ1) is 7.03. The molecule has 0 unspecified atom stereocenters. The number of ether oxygens (including phenoxy) is 1. The van der Waals surface area contributed by atoms with Gasteiger partial charge in [0, 0.05) is 14.8 Å². The second kappa shape index (κ2) is 3.09. The number of amides is 1. The molecule has 0 bridgehead atoms. The molecule has 68 valence electrons. The van der Waals surface area contributed by atoms with Gasteiger partial charge in [-0.25, -0.2) is 0 Å². The molecule has 13 heavy (non-hydrogen) atoms. The molecule has 3 nitrogen and oxygen atoms in total. The van der Waals surface area contributed by atoms with Crippen molar-refractivity contribution in [3.8, 4) is 5.75 Å². The van der Waals surface area contributed by atoms with E-state index in [2.05, 4.69) is 5.32 Å². The van der Waals surface area contributed by atoms with Gasteiger partial charge in [0.15, 0.2) is 0 Å². The standard InChI is InChI=1S/C10H11NO2/c1-13-8-3-4-9-7(6-8)2-5-10(12)11-9/h3-4,6H,2,5H2,1H3,(H,11,12)/i2D2. The number of fused-ring (bicyclic) bond motifs is 1. The van der Waals surface area contributed by atoms with Gasteiger partial charge in [-0.3, -0.25) is 4.79 Å². The normalized spacial score (nSPS) is 20.8. The molecule has 1 heterocycles. The van der Waals surface area contributed by atoms with E-state index in [-0.39, 0.29) is 12.3 Å². The minimum Gasteiger partial charge on any atom is -0.497 e. The Morgan fingerprint density at radius 3 is 3.23 bits per heavy atom. The highest BCUT2D eigenvalue weighted by molar-refractivity contribution is 5.93. The second-order valence-electron chi connectivity index (χ2n) is 2.81. The van der Waals surface area contributed by atoms with Crippen molar-refractivity contribution < 1.29 is 12.3 Å². The van der Waals surface area contributed by atoms with Gasteiger partial charge in [0.1, 0.15) is 5.75 Å². The molecular formula is C10H11NO2. The third kappa shape index (κ3) is 1.49. The van der Waals surface area contributed by atoms with Crippen LogP contribution in [0.4, 0.5) is 5.69 Å². The van der Waals surface area contributed by atoms with Gasteiger partial charge in [-0.1, -0.05) is 0 Å². The molecule has 1 aliphatic heterocycles. The van der Waals surface area contributed by atoms with E-state index in [9.17, 15) is 4.79 Å². The maximum atomic E-state index is 11.2. The highest BCUT2D eigenvalue weighted by atomic mass is 16.5. The molecule has 3 heteroatoms. The molecule has 0 fully saturated rings. The quantitative estimate of drug-likeness (QED) is 0.710. The monoisotopic (exact) mass is 179 g/mol. The lowest BCUT2D eigenvalue weighted by molar-refractivity contribution is -0.116. The third-order valence-corrected chi connectivity index (χ3v) is 1.94. The Balaban J connectivity index is 2.53. The summed E-state index contributed by atoms with van der Waals surface area (Å²) in [6, 6.07) is 4.97. The maximum Gasteiger partial charge on any atom is 0.224 e. The van der Waals surface area contributed by atoms with Gasteiger partial charge in [-0.2, -0.15) is 0 Å². The smallest absolute Gasteiger partial charge is 0.224 e. The minimum atomic E-state index is -1.62. The van der Waals surface area contributed by atoms with E-state index in [1.165, 1.54) is 7.11 Å². The van der Waals surface area contributed by atoms with Gasteiger partial charge < -0.3 is 10.1 Å². The van der Waals surface area contributed by atoms with Crippen LogP contribution in [0.25, 0.3) is 0 Å². The molecule has 0 aromatic heterocycles. The number of rotatable bonds is 1. The highest BCUT2D eigenvalue weighted by Gasteiger charge is 2.14. The Labute approximate surface area is 79.5 Å². The molecule has 0 saturated heterocycles. The van der Waals surface area contributed by atoms with Crippen molar-refractivity contribution in [2.75, 3.05) is 12.4 Å². The van der Waals surface area contributed by atoms with Gasteiger partial charge >= 0.3 is 0 Å². The second-order valence-corrected chi connectivity index (χ2v) is 2.81. The average molecular weight is 179 g/mol. The first kappa shape index (κ1) is 6.02. The zero-order chi connectivity index (χ0) is 11.1. The maximum absolute atomic E-state index is 11.2. The zero-order valence-corrected chi connectivity index (χ0v) is 7.26. The summed E-state index contributed by atoms with van der Waals surface area (Å²) in [5.74, 6) is 0.298. The van der Waals surface area contributed by atoms with E-state index in [0.717, 1.165) is 0 Å². The van der Waals surface area contributed by atoms with Crippen LogP contribution in [0.5, 0.6) is 5.75 Å². The molecule has 0 radical (unpaired) electrons. The molecule has 1 aromatic carbocycles. The summed E-state index contributed by atoms with van der Waals surface area (Å²) >= 11 is 0. The lowest BCUT2D eigenvalue weighted by atomic mass is 10.0. The molecule has 0 saturated carbocycles. The molecule has 2 rings (SSSR count). The molecule has 1 aromatic rings.